The maximum atomic E-state index is 12.8. The normalized spacial score (nSPS) is 17.4. The summed E-state index contributed by atoms with van der Waals surface area (Å²) in [6, 6.07) is 2.57. The average molecular weight is 277 g/mol. The van der Waals surface area contributed by atoms with Gasteiger partial charge in [0.25, 0.3) is 5.91 Å². The lowest BCUT2D eigenvalue weighted by molar-refractivity contribution is 0.0621. The minimum atomic E-state index is -0.0143. The Bertz CT molecular complexity index is 480. The molecule has 1 aliphatic carbocycles. The maximum Gasteiger partial charge on any atom is 0.274 e. The summed E-state index contributed by atoms with van der Waals surface area (Å²) in [5, 5.41) is 7.25. The Morgan fingerprint density at radius 1 is 1.35 bits per heavy atom. The molecule has 1 unspecified atom stereocenters. The monoisotopic (exact) mass is 277 g/mol. The number of nitrogens with zero attached hydrogens (tertiary/aromatic N) is 2. The Kier molecular flexibility index (Phi) is 3.94. The molecule has 1 aromatic rings. The van der Waals surface area contributed by atoms with Crippen molar-refractivity contribution in [3.63, 3.8) is 0 Å². The third kappa shape index (κ3) is 3.05. The second kappa shape index (κ2) is 5.23. The molecule has 1 saturated carbocycles. The third-order valence-electron chi connectivity index (χ3n) is 4.18. The van der Waals surface area contributed by atoms with Crippen molar-refractivity contribution in [3.05, 3.63) is 17.5 Å². The van der Waals surface area contributed by atoms with Crippen molar-refractivity contribution in [2.75, 3.05) is 0 Å². The van der Waals surface area contributed by atoms with Gasteiger partial charge in [0.15, 0.2) is 0 Å². The summed E-state index contributed by atoms with van der Waals surface area (Å²) in [6.45, 7) is 12.8. The summed E-state index contributed by atoms with van der Waals surface area (Å²) >= 11 is 0. The molecule has 112 valence electrons. The summed E-state index contributed by atoms with van der Waals surface area (Å²) in [4.78, 5) is 14.8. The molecule has 2 rings (SSSR count). The van der Waals surface area contributed by atoms with Crippen molar-refractivity contribution >= 4 is 5.91 Å². The van der Waals surface area contributed by atoms with Gasteiger partial charge in [-0.15, -0.1) is 0 Å². The van der Waals surface area contributed by atoms with Crippen molar-refractivity contribution in [1.29, 1.82) is 0 Å². The maximum absolute atomic E-state index is 12.8. The zero-order valence-corrected chi connectivity index (χ0v) is 13.5. The number of aromatic amines is 1. The number of H-pyrrole nitrogens is 1. The van der Waals surface area contributed by atoms with Crippen LogP contribution < -0.4 is 0 Å². The number of hydrogen-bond donors (Lipinski definition) is 1. The molecular formula is C16H27N3O. The molecule has 0 spiro atoms. The third-order valence-corrected chi connectivity index (χ3v) is 4.18. The molecule has 1 amide bonds. The highest BCUT2D eigenvalue weighted by molar-refractivity contribution is 5.93. The standard InChI is InChI=1S/C16H27N3O/c1-10(2)11(3)19(12-7-8-12)15(20)13-9-14(18-17-13)16(4,5)6/h9-12H,7-8H2,1-6H3,(H,17,18). The zero-order valence-electron chi connectivity index (χ0n) is 13.5. The van der Waals surface area contributed by atoms with E-state index in [2.05, 4.69) is 51.7 Å². The molecule has 0 bridgehead atoms. The highest BCUT2D eigenvalue weighted by Gasteiger charge is 2.38. The molecule has 0 saturated heterocycles. The molecule has 0 aromatic carbocycles. The summed E-state index contributed by atoms with van der Waals surface area (Å²) < 4.78 is 0. The van der Waals surface area contributed by atoms with Crippen molar-refractivity contribution in [2.24, 2.45) is 5.92 Å². The van der Waals surface area contributed by atoms with Gasteiger partial charge < -0.3 is 4.90 Å². The fourth-order valence-corrected chi connectivity index (χ4v) is 2.30. The highest BCUT2D eigenvalue weighted by atomic mass is 16.2. The first-order valence-corrected chi connectivity index (χ1v) is 7.60. The zero-order chi connectivity index (χ0) is 15.1. The van der Waals surface area contributed by atoms with Gasteiger partial charge in [0.1, 0.15) is 5.69 Å². The molecule has 0 radical (unpaired) electrons. The van der Waals surface area contributed by atoms with Crippen molar-refractivity contribution in [1.82, 2.24) is 15.1 Å². The molecule has 1 fully saturated rings. The van der Waals surface area contributed by atoms with Crippen LogP contribution in [0.2, 0.25) is 0 Å². The summed E-state index contributed by atoms with van der Waals surface area (Å²) in [5.41, 5.74) is 1.54. The lowest BCUT2D eigenvalue weighted by atomic mass is 9.92. The number of rotatable bonds is 4. The number of nitrogens with one attached hydrogen (secondary N) is 1. The second-order valence-corrected chi connectivity index (χ2v) is 7.35. The summed E-state index contributed by atoms with van der Waals surface area (Å²) in [5.74, 6) is 0.529. The van der Waals surface area contributed by atoms with Crippen LogP contribution in [0.15, 0.2) is 6.07 Å². The molecular weight excluding hydrogens is 250 g/mol. The van der Waals surface area contributed by atoms with E-state index in [-0.39, 0.29) is 17.4 Å². The Hall–Kier alpha value is -1.32. The second-order valence-electron chi connectivity index (χ2n) is 7.35. The molecule has 0 aliphatic heterocycles. The van der Waals surface area contributed by atoms with Gasteiger partial charge in [0.05, 0.1) is 0 Å². The van der Waals surface area contributed by atoms with Crippen LogP contribution >= 0.6 is 0 Å². The predicted octanol–water partition coefficient (Wildman–Crippen LogP) is 3.36. The van der Waals surface area contributed by atoms with Gasteiger partial charge in [0, 0.05) is 23.2 Å². The van der Waals surface area contributed by atoms with Crippen LogP contribution in [0.1, 0.15) is 70.6 Å². The SMILES string of the molecule is CC(C)C(C)N(C(=O)c1cc(C(C)(C)C)[nH]n1)C1CC1. The Labute approximate surface area is 121 Å². The molecule has 4 heteroatoms. The van der Waals surface area contributed by atoms with E-state index in [1.807, 2.05) is 11.0 Å². The van der Waals surface area contributed by atoms with Crippen LogP contribution in [-0.2, 0) is 5.41 Å². The number of hydrogen-bond acceptors (Lipinski definition) is 2. The van der Waals surface area contributed by atoms with Gasteiger partial charge in [-0.25, -0.2) is 0 Å². The number of aromatic nitrogens is 2. The first kappa shape index (κ1) is 15.1. The number of carbonyl (C=O) groups is 1. The van der Waals surface area contributed by atoms with Crippen LogP contribution in [0.4, 0.5) is 0 Å². The molecule has 1 aliphatic rings. The molecule has 1 heterocycles. The van der Waals surface area contributed by atoms with Crippen molar-refractivity contribution in [3.8, 4) is 0 Å². The van der Waals surface area contributed by atoms with Gasteiger partial charge in [-0.3, -0.25) is 9.89 Å². The predicted molar refractivity (Wildman–Crippen MR) is 80.8 cm³/mol. The van der Waals surface area contributed by atoms with E-state index < -0.39 is 0 Å². The summed E-state index contributed by atoms with van der Waals surface area (Å²) in [7, 11) is 0. The Morgan fingerprint density at radius 2 is 1.95 bits per heavy atom. The first-order chi connectivity index (χ1) is 9.21. The number of amides is 1. The number of carbonyl (C=O) groups excluding carboxylic acids is 1. The molecule has 1 atom stereocenters. The van der Waals surface area contributed by atoms with E-state index in [1.165, 1.54) is 0 Å². The fraction of sp³-hybridized carbons (Fsp3) is 0.750. The largest absolute Gasteiger partial charge is 0.331 e. The Balaban J connectivity index is 2.22. The molecule has 20 heavy (non-hydrogen) atoms. The van der Waals surface area contributed by atoms with Crippen LogP contribution in [0.5, 0.6) is 0 Å². The van der Waals surface area contributed by atoms with E-state index in [1.54, 1.807) is 0 Å². The van der Waals surface area contributed by atoms with E-state index >= 15 is 0 Å². The lowest BCUT2D eigenvalue weighted by Crippen LogP contribution is -2.43. The Morgan fingerprint density at radius 3 is 2.35 bits per heavy atom. The van der Waals surface area contributed by atoms with E-state index in [0.29, 0.717) is 17.7 Å². The van der Waals surface area contributed by atoms with Gasteiger partial charge in [-0.1, -0.05) is 34.6 Å². The minimum absolute atomic E-state index is 0.0143. The highest BCUT2D eigenvalue weighted by Crippen LogP contribution is 2.32. The van der Waals surface area contributed by atoms with Crippen LogP contribution in [-0.4, -0.2) is 33.1 Å². The van der Waals surface area contributed by atoms with Gasteiger partial charge >= 0.3 is 0 Å². The van der Waals surface area contributed by atoms with Crippen LogP contribution in [0.25, 0.3) is 0 Å². The van der Waals surface area contributed by atoms with Crippen molar-refractivity contribution < 1.29 is 4.79 Å². The van der Waals surface area contributed by atoms with E-state index in [4.69, 9.17) is 0 Å². The van der Waals surface area contributed by atoms with Gasteiger partial charge in [-0.05, 0) is 31.7 Å². The van der Waals surface area contributed by atoms with Crippen molar-refractivity contribution in [2.45, 2.75) is 71.9 Å². The lowest BCUT2D eigenvalue weighted by Gasteiger charge is -2.31. The molecule has 1 aromatic heterocycles. The smallest absolute Gasteiger partial charge is 0.274 e. The van der Waals surface area contributed by atoms with Crippen LogP contribution in [0, 0.1) is 5.92 Å². The van der Waals surface area contributed by atoms with E-state index in [9.17, 15) is 4.79 Å². The van der Waals surface area contributed by atoms with Crippen LogP contribution in [0.3, 0.4) is 0 Å². The summed E-state index contributed by atoms with van der Waals surface area (Å²) in [6.07, 6.45) is 2.25. The molecule has 4 nitrogen and oxygen atoms in total. The molecule has 1 N–H and O–H groups in total. The van der Waals surface area contributed by atoms with Gasteiger partial charge in [-0.2, -0.15) is 5.10 Å². The average Bonchev–Trinajstić information content (AvgIpc) is 3.03. The van der Waals surface area contributed by atoms with Gasteiger partial charge in [0.2, 0.25) is 0 Å². The topological polar surface area (TPSA) is 49.0 Å². The fourth-order valence-electron chi connectivity index (χ4n) is 2.30. The quantitative estimate of drug-likeness (QED) is 0.917. The minimum Gasteiger partial charge on any atom is -0.331 e. The first-order valence-electron chi connectivity index (χ1n) is 7.60. The van der Waals surface area contributed by atoms with E-state index in [0.717, 1.165) is 18.5 Å².